The normalized spacial score (nSPS) is 16.9. The lowest BCUT2D eigenvalue weighted by atomic mass is 9.95. The van der Waals surface area contributed by atoms with Crippen LogP contribution in [-0.2, 0) is 14.3 Å². The Labute approximate surface area is 198 Å². The van der Waals surface area contributed by atoms with Gasteiger partial charge in [0.05, 0.1) is 6.61 Å². The third-order valence-electron chi connectivity index (χ3n) is 6.84. The van der Waals surface area contributed by atoms with Gasteiger partial charge in [0.25, 0.3) is 0 Å². The number of aliphatic carboxylic acids is 1. The molecule has 2 amide bonds. The second kappa shape index (κ2) is 10.7. The minimum atomic E-state index is -1.37. The first kappa shape index (κ1) is 23.8. The van der Waals surface area contributed by atoms with Crippen LogP contribution in [0.15, 0.2) is 48.5 Å². The van der Waals surface area contributed by atoms with Gasteiger partial charge in [-0.3, -0.25) is 4.79 Å². The lowest BCUT2D eigenvalue weighted by Crippen LogP contribution is -2.48. The molecule has 2 aromatic rings. The number of ether oxygens (including phenoxy) is 1. The number of alkyl carbamates (subject to hydrolysis) is 1. The Morgan fingerprint density at radius 2 is 1.53 bits per heavy atom. The maximum atomic E-state index is 12.8. The van der Waals surface area contributed by atoms with E-state index < -0.39 is 36.7 Å². The Morgan fingerprint density at radius 1 is 0.941 bits per heavy atom. The number of amides is 2. The van der Waals surface area contributed by atoms with Crippen molar-refractivity contribution in [1.82, 2.24) is 10.6 Å². The lowest BCUT2D eigenvalue weighted by Gasteiger charge is -2.25. The molecule has 1 unspecified atom stereocenters. The average Bonchev–Trinajstić information content (AvgIpc) is 3.47. The van der Waals surface area contributed by atoms with Crippen LogP contribution in [0.5, 0.6) is 0 Å². The maximum absolute atomic E-state index is 12.8. The Morgan fingerprint density at radius 3 is 2.09 bits per heavy atom. The quantitative estimate of drug-likeness (QED) is 0.450. The molecule has 0 aliphatic heterocycles. The van der Waals surface area contributed by atoms with E-state index in [4.69, 9.17) is 14.9 Å². The third kappa shape index (κ3) is 5.22. The van der Waals surface area contributed by atoms with E-state index in [2.05, 4.69) is 22.8 Å². The number of nitrogens with one attached hydrogen (secondary N) is 2. The van der Waals surface area contributed by atoms with Crippen LogP contribution < -0.4 is 10.6 Å². The molecule has 0 radical (unpaired) electrons. The van der Waals surface area contributed by atoms with Gasteiger partial charge < -0.3 is 25.6 Å². The molecule has 0 saturated heterocycles. The smallest absolute Gasteiger partial charge is 0.407 e. The van der Waals surface area contributed by atoms with Crippen molar-refractivity contribution >= 4 is 18.0 Å². The van der Waals surface area contributed by atoms with E-state index in [1.165, 1.54) is 0 Å². The molecule has 0 bridgehead atoms. The number of carbonyl (C=O) groups excluding carboxylic acids is 2. The first-order chi connectivity index (χ1) is 16.5. The van der Waals surface area contributed by atoms with E-state index in [-0.39, 0.29) is 24.9 Å². The van der Waals surface area contributed by atoms with Crippen LogP contribution in [0.2, 0.25) is 0 Å². The number of fused-ring (bicyclic) bond motifs is 3. The van der Waals surface area contributed by atoms with Gasteiger partial charge in [-0.05, 0) is 41.0 Å². The largest absolute Gasteiger partial charge is 0.480 e. The Bertz CT molecular complexity index is 1000. The van der Waals surface area contributed by atoms with Crippen LogP contribution in [-0.4, -0.2) is 53.5 Å². The zero-order valence-electron chi connectivity index (χ0n) is 18.9. The summed E-state index contributed by atoms with van der Waals surface area (Å²) in [6, 6.07) is 14.3. The number of carboxylic acids is 1. The Kier molecular flexibility index (Phi) is 7.47. The molecule has 0 heterocycles. The highest BCUT2D eigenvalue weighted by Gasteiger charge is 2.32. The Hall–Kier alpha value is -3.39. The average molecular weight is 467 g/mol. The summed E-state index contributed by atoms with van der Waals surface area (Å²) in [6.45, 7) is -0.524. The predicted octanol–water partition coefficient (Wildman–Crippen LogP) is 3.04. The number of aliphatic hydroxyl groups excluding tert-OH is 1. The molecular formula is C26H30N2O6. The highest BCUT2D eigenvalue weighted by atomic mass is 16.5. The molecule has 4 N–H and O–H groups in total. The topological polar surface area (TPSA) is 125 Å². The standard InChI is InChI=1S/C26H30N2O6/c29-14-23(25(31)32)27-24(30)13-22(16-7-1-2-8-16)28-26(33)34-15-21-19-11-5-3-9-17(19)18-10-4-6-12-20(18)21/h3-6,9-12,16,21-23,29H,1-2,7-8,13-15H2,(H,27,30)(H,28,33)(H,31,32)/t22?,23-/m1/s1. The second-order valence-electron chi connectivity index (χ2n) is 8.97. The van der Waals surface area contributed by atoms with Crippen molar-refractivity contribution in [1.29, 1.82) is 0 Å². The summed E-state index contributed by atoms with van der Waals surface area (Å²) in [6.07, 6.45) is 3.13. The van der Waals surface area contributed by atoms with Gasteiger partial charge in [-0.1, -0.05) is 61.4 Å². The summed E-state index contributed by atoms with van der Waals surface area (Å²) in [4.78, 5) is 36.3. The van der Waals surface area contributed by atoms with Gasteiger partial charge >= 0.3 is 12.1 Å². The summed E-state index contributed by atoms with van der Waals surface area (Å²) in [5.41, 5.74) is 4.52. The van der Waals surface area contributed by atoms with Crippen molar-refractivity contribution in [2.45, 2.75) is 50.1 Å². The molecule has 180 valence electrons. The number of aliphatic hydroxyl groups is 1. The van der Waals surface area contributed by atoms with Gasteiger partial charge in [0.2, 0.25) is 5.91 Å². The van der Waals surface area contributed by atoms with Gasteiger partial charge in [-0.2, -0.15) is 0 Å². The third-order valence-corrected chi connectivity index (χ3v) is 6.84. The summed E-state index contributed by atoms with van der Waals surface area (Å²) in [5, 5.41) is 23.4. The van der Waals surface area contributed by atoms with Crippen molar-refractivity contribution in [2.75, 3.05) is 13.2 Å². The molecule has 2 atom stereocenters. The molecule has 34 heavy (non-hydrogen) atoms. The summed E-state index contributed by atoms with van der Waals surface area (Å²) in [7, 11) is 0. The molecule has 2 aromatic carbocycles. The van der Waals surface area contributed by atoms with Gasteiger partial charge in [-0.15, -0.1) is 0 Å². The van der Waals surface area contributed by atoms with E-state index in [1.807, 2.05) is 36.4 Å². The van der Waals surface area contributed by atoms with Crippen molar-refractivity contribution in [2.24, 2.45) is 5.92 Å². The second-order valence-corrected chi connectivity index (χ2v) is 8.97. The predicted molar refractivity (Wildman–Crippen MR) is 125 cm³/mol. The van der Waals surface area contributed by atoms with Crippen LogP contribution in [0.3, 0.4) is 0 Å². The van der Waals surface area contributed by atoms with Crippen molar-refractivity contribution in [3.63, 3.8) is 0 Å². The van der Waals surface area contributed by atoms with E-state index in [0.717, 1.165) is 47.9 Å². The van der Waals surface area contributed by atoms with E-state index in [1.54, 1.807) is 0 Å². The van der Waals surface area contributed by atoms with E-state index in [9.17, 15) is 14.4 Å². The van der Waals surface area contributed by atoms with Crippen LogP contribution >= 0.6 is 0 Å². The van der Waals surface area contributed by atoms with Crippen molar-refractivity contribution in [3.05, 3.63) is 59.7 Å². The monoisotopic (exact) mass is 466 g/mol. The zero-order chi connectivity index (χ0) is 24.1. The first-order valence-corrected chi connectivity index (χ1v) is 11.7. The number of hydrogen-bond acceptors (Lipinski definition) is 5. The molecule has 4 rings (SSSR count). The van der Waals surface area contributed by atoms with Crippen LogP contribution in [0.25, 0.3) is 11.1 Å². The van der Waals surface area contributed by atoms with Gasteiger partial charge in [0.1, 0.15) is 12.6 Å². The van der Waals surface area contributed by atoms with Gasteiger partial charge in [0.15, 0.2) is 0 Å². The molecule has 2 aliphatic rings. The number of carboxylic acid groups (broad SMARTS) is 1. The van der Waals surface area contributed by atoms with Crippen molar-refractivity contribution in [3.8, 4) is 11.1 Å². The van der Waals surface area contributed by atoms with Crippen molar-refractivity contribution < 1.29 is 29.3 Å². The Balaban J connectivity index is 1.39. The first-order valence-electron chi connectivity index (χ1n) is 11.7. The SMILES string of the molecule is O=C(CC(NC(=O)OCC1c2ccccc2-c2ccccc21)C1CCCC1)N[C@H](CO)C(=O)O. The van der Waals surface area contributed by atoms with Gasteiger partial charge in [-0.25, -0.2) is 9.59 Å². The van der Waals surface area contributed by atoms with E-state index in [0.29, 0.717) is 0 Å². The maximum Gasteiger partial charge on any atom is 0.407 e. The summed E-state index contributed by atoms with van der Waals surface area (Å²) < 4.78 is 5.64. The molecule has 0 aromatic heterocycles. The molecule has 8 nitrogen and oxygen atoms in total. The lowest BCUT2D eigenvalue weighted by molar-refractivity contribution is -0.143. The fraction of sp³-hybridized carbons (Fsp3) is 0.423. The van der Waals surface area contributed by atoms with Gasteiger partial charge in [0, 0.05) is 18.4 Å². The number of hydrogen-bond donors (Lipinski definition) is 4. The number of carbonyl (C=O) groups is 3. The molecule has 1 saturated carbocycles. The molecule has 8 heteroatoms. The minimum absolute atomic E-state index is 0.0627. The minimum Gasteiger partial charge on any atom is -0.480 e. The highest BCUT2D eigenvalue weighted by Crippen LogP contribution is 2.44. The van der Waals surface area contributed by atoms with Crippen LogP contribution in [0.4, 0.5) is 4.79 Å². The number of rotatable bonds is 9. The molecular weight excluding hydrogens is 436 g/mol. The highest BCUT2D eigenvalue weighted by molar-refractivity contribution is 5.84. The number of benzene rings is 2. The van der Waals surface area contributed by atoms with E-state index >= 15 is 0 Å². The fourth-order valence-electron chi connectivity index (χ4n) is 5.13. The zero-order valence-corrected chi connectivity index (χ0v) is 18.9. The van der Waals surface area contributed by atoms with Crippen LogP contribution in [0.1, 0.15) is 49.1 Å². The fourth-order valence-corrected chi connectivity index (χ4v) is 5.13. The molecule has 2 aliphatic carbocycles. The molecule has 1 fully saturated rings. The summed E-state index contributed by atoms with van der Waals surface area (Å²) >= 11 is 0. The summed E-state index contributed by atoms with van der Waals surface area (Å²) in [5.74, 6) is -1.79. The molecule has 0 spiro atoms. The van der Waals surface area contributed by atoms with Crippen LogP contribution in [0, 0.1) is 5.92 Å².